The summed E-state index contributed by atoms with van der Waals surface area (Å²) in [5.41, 5.74) is 11.2. The molecule has 2 aromatic heterocycles. The predicted octanol–water partition coefficient (Wildman–Crippen LogP) is 14.0. The summed E-state index contributed by atoms with van der Waals surface area (Å²) in [5.74, 6) is 0. The third-order valence-electron chi connectivity index (χ3n) is 11.3. The summed E-state index contributed by atoms with van der Waals surface area (Å²) in [6.07, 6.45) is 12.7. The lowest BCUT2D eigenvalue weighted by atomic mass is 9.83. The van der Waals surface area contributed by atoms with Crippen LogP contribution >= 0.6 is 0 Å². The van der Waals surface area contributed by atoms with Gasteiger partial charge in [-0.1, -0.05) is 140 Å². The van der Waals surface area contributed by atoms with Crippen LogP contribution in [0, 0.1) is 0 Å². The monoisotopic (exact) mass is 674 g/mol. The van der Waals surface area contributed by atoms with Gasteiger partial charge in [0.2, 0.25) is 0 Å². The van der Waals surface area contributed by atoms with Crippen LogP contribution in [0.1, 0.15) is 12.8 Å². The Morgan fingerprint density at radius 1 is 0.453 bits per heavy atom. The maximum atomic E-state index is 4.58. The highest BCUT2D eigenvalue weighted by molar-refractivity contribution is 6.25. The number of pyridine rings is 1. The van der Waals surface area contributed by atoms with Crippen molar-refractivity contribution in [2.45, 2.75) is 12.8 Å². The van der Waals surface area contributed by atoms with E-state index in [1.165, 1.54) is 104 Å². The lowest BCUT2D eigenvalue weighted by Crippen LogP contribution is -1.98. The maximum absolute atomic E-state index is 4.58. The Kier molecular flexibility index (Phi) is 6.72. The highest BCUT2D eigenvalue weighted by Gasteiger charge is 2.21. The first kappa shape index (κ1) is 29.9. The molecule has 0 N–H and O–H groups in total. The van der Waals surface area contributed by atoms with E-state index in [0.29, 0.717) is 0 Å². The summed E-state index contributed by atoms with van der Waals surface area (Å²) in [4.78, 5) is 4.58. The molecule has 0 saturated carbocycles. The predicted molar refractivity (Wildman–Crippen MR) is 226 cm³/mol. The van der Waals surface area contributed by atoms with Crippen molar-refractivity contribution in [3.05, 3.63) is 182 Å². The molecule has 2 heterocycles. The molecule has 0 bridgehead atoms. The first-order valence-corrected chi connectivity index (χ1v) is 18.5. The molecule has 0 amide bonds. The summed E-state index contributed by atoms with van der Waals surface area (Å²) in [6.45, 7) is 0. The van der Waals surface area contributed by atoms with Crippen LogP contribution in [-0.2, 0) is 0 Å². The van der Waals surface area contributed by atoms with E-state index in [0.717, 1.165) is 12.8 Å². The topological polar surface area (TPSA) is 17.8 Å². The van der Waals surface area contributed by atoms with Crippen LogP contribution in [0.4, 0.5) is 0 Å². The molecule has 0 fully saturated rings. The van der Waals surface area contributed by atoms with E-state index in [-0.39, 0.29) is 0 Å². The molecule has 10 aromatic rings. The van der Waals surface area contributed by atoms with Gasteiger partial charge in [-0.15, -0.1) is 0 Å². The summed E-state index contributed by atoms with van der Waals surface area (Å²) in [7, 11) is 0. The molecule has 0 aliphatic heterocycles. The first-order chi connectivity index (χ1) is 26.3. The Bertz CT molecular complexity index is 3160. The molecular formula is C51H34N2. The number of allylic oxidation sites excluding steroid dienone is 4. The Balaban J connectivity index is 1.23. The van der Waals surface area contributed by atoms with Crippen LogP contribution in [0.25, 0.3) is 104 Å². The molecule has 11 rings (SSSR count). The molecule has 0 unspecified atom stereocenters. The van der Waals surface area contributed by atoms with Crippen molar-refractivity contribution in [3.63, 3.8) is 0 Å². The van der Waals surface area contributed by atoms with Crippen molar-refractivity contribution in [3.8, 4) is 33.4 Å². The molecule has 1 aliphatic carbocycles. The van der Waals surface area contributed by atoms with E-state index in [9.17, 15) is 0 Å². The van der Waals surface area contributed by atoms with E-state index < -0.39 is 0 Å². The van der Waals surface area contributed by atoms with E-state index in [4.69, 9.17) is 0 Å². The van der Waals surface area contributed by atoms with E-state index in [1.807, 2.05) is 12.4 Å². The number of aromatic nitrogens is 2. The van der Waals surface area contributed by atoms with Gasteiger partial charge in [0.25, 0.3) is 0 Å². The van der Waals surface area contributed by atoms with Gasteiger partial charge in [-0.05, 0) is 120 Å². The number of fused-ring (bicyclic) bond motifs is 7. The van der Waals surface area contributed by atoms with Crippen LogP contribution in [0.2, 0.25) is 0 Å². The highest BCUT2D eigenvalue weighted by Crippen LogP contribution is 2.48. The number of hydrogen-bond acceptors (Lipinski definition) is 1. The van der Waals surface area contributed by atoms with Gasteiger partial charge in [0.05, 0.1) is 11.0 Å². The van der Waals surface area contributed by atoms with Gasteiger partial charge in [0.1, 0.15) is 0 Å². The van der Waals surface area contributed by atoms with E-state index >= 15 is 0 Å². The molecule has 8 aromatic carbocycles. The Labute approximate surface area is 307 Å². The quantitative estimate of drug-likeness (QED) is 0.170. The second kappa shape index (κ2) is 11.9. The Morgan fingerprint density at radius 2 is 1.02 bits per heavy atom. The van der Waals surface area contributed by atoms with Crippen molar-refractivity contribution < 1.29 is 0 Å². The SMILES string of the molecule is C1=CCCC(n2c3ccncc3c3cc(-c4ccc5c(-c6cccc7ccccc67)c6ccccc6c(-c6cccc7ccccc67)c5c4)ccc32)=C1. The van der Waals surface area contributed by atoms with Crippen LogP contribution in [0.15, 0.2) is 182 Å². The van der Waals surface area contributed by atoms with Gasteiger partial charge in [-0.3, -0.25) is 4.98 Å². The second-order valence-corrected chi connectivity index (χ2v) is 14.2. The lowest BCUT2D eigenvalue weighted by Gasteiger charge is -2.20. The minimum absolute atomic E-state index is 1.02. The Hall–Kier alpha value is -6.77. The van der Waals surface area contributed by atoms with Crippen LogP contribution in [0.3, 0.4) is 0 Å². The van der Waals surface area contributed by atoms with E-state index in [1.54, 1.807) is 0 Å². The molecule has 1 aliphatic rings. The number of rotatable bonds is 4. The average molecular weight is 675 g/mol. The van der Waals surface area contributed by atoms with Crippen molar-refractivity contribution >= 4 is 70.6 Å². The molecule has 0 atom stereocenters. The summed E-state index contributed by atoms with van der Waals surface area (Å²) in [6, 6.07) is 56.3. The van der Waals surface area contributed by atoms with Gasteiger partial charge in [0.15, 0.2) is 0 Å². The average Bonchev–Trinajstić information content (AvgIpc) is 3.56. The van der Waals surface area contributed by atoms with Crippen molar-refractivity contribution in [1.29, 1.82) is 0 Å². The van der Waals surface area contributed by atoms with Crippen LogP contribution < -0.4 is 0 Å². The number of benzene rings is 8. The fourth-order valence-corrected chi connectivity index (χ4v) is 8.96. The fourth-order valence-electron chi connectivity index (χ4n) is 8.96. The zero-order chi connectivity index (χ0) is 34.9. The third-order valence-corrected chi connectivity index (χ3v) is 11.3. The van der Waals surface area contributed by atoms with Gasteiger partial charge < -0.3 is 4.57 Å². The minimum Gasteiger partial charge on any atom is -0.313 e. The zero-order valence-electron chi connectivity index (χ0n) is 29.1. The fraction of sp³-hybridized carbons (Fsp3) is 0.0392. The van der Waals surface area contributed by atoms with Crippen LogP contribution in [0.5, 0.6) is 0 Å². The zero-order valence-corrected chi connectivity index (χ0v) is 29.1. The largest absolute Gasteiger partial charge is 0.313 e. The molecule has 248 valence electrons. The lowest BCUT2D eigenvalue weighted by molar-refractivity contribution is 0.979. The van der Waals surface area contributed by atoms with Gasteiger partial charge >= 0.3 is 0 Å². The first-order valence-electron chi connectivity index (χ1n) is 18.5. The van der Waals surface area contributed by atoms with Gasteiger partial charge in [0, 0.05) is 28.9 Å². The van der Waals surface area contributed by atoms with Crippen molar-refractivity contribution in [1.82, 2.24) is 9.55 Å². The third kappa shape index (κ3) is 4.62. The molecule has 53 heavy (non-hydrogen) atoms. The normalized spacial score (nSPS) is 13.2. The highest BCUT2D eigenvalue weighted by atomic mass is 15.0. The minimum atomic E-state index is 1.02. The van der Waals surface area contributed by atoms with Gasteiger partial charge in [-0.2, -0.15) is 0 Å². The molecular weight excluding hydrogens is 641 g/mol. The Morgan fingerprint density at radius 3 is 1.70 bits per heavy atom. The number of hydrogen-bond donors (Lipinski definition) is 0. The molecule has 0 saturated heterocycles. The second-order valence-electron chi connectivity index (χ2n) is 14.2. The maximum Gasteiger partial charge on any atom is 0.0568 e. The summed E-state index contributed by atoms with van der Waals surface area (Å²) >= 11 is 0. The summed E-state index contributed by atoms with van der Waals surface area (Å²) in [5, 5.41) is 12.5. The number of nitrogens with zero attached hydrogens (tertiary/aromatic N) is 2. The van der Waals surface area contributed by atoms with Crippen molar-refractivity contribution in [2.24, 2.45) is 0 Å². The van der Waals surface area contributed by atoms with Gasteiger partial charge in [-0.25, -0.2) is 0 Å². The standard InChI is InChI=1S/C51H34N2/c1-2-16-37(17-3-1)53-48-27-25-36(30-45(48)47-32-52-29-28-49(47)53)35-24-26-44-46(31-35)51(41-23-11-15-34-13-5-7-19-39(34)41)43-21-9-8-20-42(43)50(44)40-22-10-14-33-12-4-6-18-38(33)40/h1-2,4-16,18-32H,3,17H2. The van der Waals surface area contributed by atoms with Crippen molar-refractivity contribution in [2.75, 3.05) is 0 Å². The van der Waals surface area contributed by atoms with E-state index in [2.05, 4.69) is 179 Å². The smallest absolute Gasteiger partial charge is 0.0568 e. The molecule has 2 nitrogen and oxygen atoms in total. The molecule has 0 radical (unpaired) electrons. The summed E-state index contributed by atoms with van der Waals surface area (Å²) < 4.78 is 2.43. The van der Waals surface area contributed by atoms with Crippen LogP contribution in [-0.4, -0.2) is 9.55 Å². The molecule has 2 heteroatoms. The molecule has 0 spiro atoms.